The standard InChI is InChI=1S/C27H36N4O3/c1-6-30(7-2)15-10-16-31(27(33)28-23-11-8-9-12-24(23)34-5)18-22-17-21-14-13-19(3)20(4)25(21)29-26(22)32/h8-9,11-14,17H,6-7,10,15-16,18H2,1-5H3,(H,28,33)(H,29,32). The third kappa shape index (κ3) is 5.97. The molecule has 3 rings (SSSR count). The molecule has 7 nitrogen and oxygen atoms in total. The van der Waals surface area contributed by atoms with Crippen LogP contribution in [0.15, 0.2) is 47.3 Å². The molecule has 0 aliphatic carbocycles. The molecule has 182 valence electrons. The minimum absolute atomic E-state index is 0.167. The molecule has 1 aromatic heterocycles. The zero-order chi connectivity index (χ0) is 24.7. The summed E-state index contributed by atoms with van der Waals surface area (Å²) < 4.78 is 5.38. The van der Waals surface area contributed by atoms with Gasteiger partial charge in [0.25, 0.3) is 5.56 Å². The zero-order valence-electron chi connectivity index (χ0n) is 20.9. The van der Waals surface area contributed by atoms with Crippen LogP contribution in [0.5, 0.6) is 5.75 Å². The van der Waals surface area contributed by atoms with Crippen LogP contribution in [0.1, 0.15) is 37.0 Å². The molecule has 0 saturated heterocycles. The summed E-state index contributed by atoms with van der Waals surface area (Å²) in [5, 5.41) is 3.92. The number of aromatic nitrogens is 1. The number of H-pyrrole nitrogens is 1. The zero-order valence-corrected chi connectivity index (χ0v) is 20.9. The normalized spacial score (nSPS) is 11.1. The molecule has 2 N–H and O–H groups in total. The number of hydrogen-bond donors (Lipinski definition) is 2. The molecule has 1 heterocycles. The predicted molar refractivity (Wildman–Crippen MR) is 139 cm³/mol. The van der Waals surface area contributed by atoms with Gasteiger partial charge < -0.3 is 24.8 Å². The molecular weight excluding hydrogens is 428 g/mol. The van der Waals surface area contributed by atoms with Crippen LogP contribution in [-0.4, -0.2) is 54.1 Å². The molecule has 0 saturated carbocycles. The number of pyridine rings is 1. The Morgan fingerprint density at radius 1 is 1.06 bits per heavy atom. The van der Waals surface area contributed by atoms with Gasteiger partial charge in [0.2, 0.25) is 0 Å². The second-order valence-corrected chi connectivity index (χ2v) is 8.53. The van der Waals surface area contributed by atoms with Crippen LogP contribution >= 0.6 is 0 Å². The van der Waals surface area contributed by atoms with Crippen molar-refractivity contribution in [1.82, 2.24) is 14.8 Å². The van der Waals surface area contributed by atoms with E-state index in [0.717, 1.165) is 48.1 Å². The Morgan fingerprint density at radius 2 is 1.79 bits per heavy atom. The summed E-state index contributed by atoms with van der Waals surface area (Å²) >= 11 is 0. The highest BCUT2D eigenvalue weighted by molar-refractivity contribution is 5.91. The first-order valence-electron chi connectivity index (χ1n) is 11.9. The van der Waals surface area contributed by atoms with Gasteiger partial charge >= 0.3 is 6.03 Å². The second kappa shape index (κ2) is 11.7. The SMILES string of the molecule is CCN(CC)CCCN(Cc1cc2ccc(C)c(C)c2[nH]c1=O)C(=O)Nc1ccccc1OC. The smallest absolute Gasteiger partial charge is 0.322 e. The van der Waals surface area contributed by atoms with Gasteiger partial charge in [0.15, 0.2) is 0 Å². The maximum absolute atomic E-state index is 13.3. The number of ether oxygens (including phenoxy) is 1. The molecule has 3 aromatic rings. The van der Waals surface area contributed by atoms with Crippen LogP contribution in [0.3, 0.4) is 0 Å². The van der Waals surface area contributed by atoms with Gasteiger partial charge in [0.05, 0.1) is 24.9 Å². The van der Waals surface area contributed by atoms with Crippen LogP contribution in [0, 0.1) is 13.8 Å². The predicted octanol–water partition coefficient (Wildman–Crippen LogP) is 4.92. The number of methoxy groups -OCH3 is 1. The van der Waals surface area contributed by atoms with E-state index < -0.39 is 0 Å². The van der Waals surface area contributed by atoms with Gasteiger partial charge in [0, 0.05) is 12.1 Å². The number of carbonyl (C=O) groups is 1. The summed E-state index contributed by atoms with van der Waals surface area (Å²) in [6.07, 6.45) is 0.810. The van der Waals surface area contributed by atoms with E-state index in [1.54, 1.807) is 24.1 Å². The third-order valence-electron chi connectivity index (χ3n) is 6.42. The molecule has 0 bridgehead atoms. The van der Waals surface area contributed by atoms with Crippen LogP contribution in [0.25, 0.3) is 10.9 Å². The van der Waals surface area contributed by atoms with Crippen LogP contribution in [0.4, 0.5) is 10.5 Å². The molecule has 0 radical (unpaired) electrons. The first-order valence-corrected chi connectivity index (χ1v) is 11.9. The Hall–Kier alpha value is -3.32. The Morgan fingerprint density at radius 3 is 2.50 bits per heavy atom. The van der Waals surface area contributed by atoms with E-state index in [-0.39, 0.29) is 18.1 Å². The number of aryl methyl sites for hydroxylation is 2. The molecule has 2 aromatic carbocycles. The summed E-state index contributed by atoms with van der Waals surface area (Å²) in [6, 6.07) is 13.0. The van der Waals surface area contributed by atoms with Crippen LogP contribution in [0.2, 0.25) is 0 Å². The Balaban J connectivity index is 1.87. The highest BCUT2D eigenvalue weighted by Crippen LogP contribution is 2.24. The number of rotatable bonds is 10. The van der Waals surface area contributed by atoms with Crippen molar-refractivity contribution in [3.63, 3.8) is 0 Å². The second-order valence-electron chi connectivity index (χ2n) is 8.53. The number of amides is 2. The molecular formula is C27H36N4O3. The number of nitrogens with one attached hydrogen (secondary N) is 2. The van der Waals surface area contributed by atoms with E-state index in [1.165, 1.54) is 0 Å². The lowest BCUT2D eigenvalue weighted by Gasteiger charge is -2.25. The van der Waals surface area contributed by atoms with Crippen molar-refractivity contribution in [2.45, 2.75) is 40.7 Å². The molecule has 0 aliphatic rings. The number of hydrogen-bond acceptors (Lipinski definition) is 4. The van der Waals surface area contributed by atoms with E-state index >= 15 is 0 Å². The molecule has 0 spiro atoms. The summed E-state index contributed by atoms with van der Waals surface area (Å²) in [7, 11) is 1.57. The fourth-order valence-corrected chi connectivity index (χ4v) is 4.11. The monoisotopic (exact) mass is 464 g/mol. The Kier molecular flexibility index (Phi) is 8.71. The molecule has 0 aliphatic heterocycles. The van der Waals surface area contributed by atoms with Crippen molar-refractivity contribution < 1.29 is 9.53 Å². The average Bonchev–Trinajstić information content (AvgIpc) is 2.84. The fraction of sp³-hybridized carbons (Fsp3) is 0.407. The number of urea groups is 1. The largest absolute Gasteiger partial charge is 0.495 e. The fourth-order valence-electron chi connectivity index (χ4n) is 4.11. The molecule has 34 heavy (non-hydrogen) atoms. The van der Waals surface area contributed by atoms with Gasteiger partial charge in [-0.3, -0.25) is 4.79 Å². The highest BCUT2D eigenvalue weighted by atomic mass is 16.5. The topological polar surface area (TPSA) is 77.7 Å². The van der Waals surface area contributed by atoms with Gasteiger partial charge in [-0.15, -0.1) is 0 Å². The van der Waals surface area contributed by atoms with E-state index in [4.69, 9.17) is 4.74 Å². The van der Waals surface area contributed by atoms with Crippen molar-refractivity contribution in [2.75, 3.05) is 38.6 Å². The Bertz CT molecular complexity index is 1180. The van der Waals surface area contributed by atoms with Crippen molar-refractivity contribution in [2.24, 2.45) is 0 Å². The number of benzene rings is 2. The maximum atomic E-state index is 13.3. The van der Waals surface area contributed by atoms with E-state index in [1.807, 2.05) is 38.1 Å². The lowest BCUT2D eigenvalue weighted by molar-refractivity contribution is 0.202. The quantitative estimate of drug-likeness (QED) is 0.446. The minimum Gasteiger partial charge on any atom is -0.495 e. The van der Waals surface area contributed by atoms with Gasteiger partial charge in [-0.2, -0.15) is 0 Å². The first-order chi connectivity index (χ1) is 16.4. The third-order valence-corrected chi connectivity index (χ3v) is 6.42. The van der Waals surface area contributed by atoms with Crippen molar-refractivity contribution in [1.29, 1.82) is 0 Å². The lowest BCUT2D eigenvalue weighted by Crippen LogP contribution is -2.38. The van der Waals surface area contributed by atoms with E-state index in [2.05, 4.69) is 35.1 Å². The number of carbonyl (C=O) groups excluding carboxylic acids is 1. The lowest BCUT2D eigenvalue weighted by atomic mass is 10.0. The molecule has 0 fully saturated rings. The first kappa shape index (κ1) is 25.3. The summed E-state index contributed by atoms with van der Waals surface area (Å²) in [5.74, 6) is 0.591. The van der Waals surface area contributed by atoms with Gasteiger partial charge in [0.1, 0.15) is 5.75 Å². The molecule has 0 atom stereocenters. The van der Waals surface area contributed by atoms with Crippen LogP contribution in [-0.2, 0) is 6.54 Å². The van der Waals surface area contributed by atoms with Gasteiger partial charge in [-0.05, 0) is 74.6 Å². The average molecular weight is 465 g/mol. The number of aromatic amines is 1. The number of para-hydroxylation sites is 2. The number of fused-ring (bicyclic) bond motifs is 1. The molecule has 2 amide bonds. The Labute approximate surface area is 201 Å². The minimum atomic E-state index is -0.261. The number of nitrogens with zero attached hydrogens (tertiary/aromatic N) is 2. The van der Waals surface area contributed by atoms with Gasteiger partial charge in [-0.25, -0.2) is 4.79 Å². The van der Waals surface area contributed by atoms with Crippen molar-refractivity contribution >= 4 is 22.6 Å². The van der Waals surface area contributed by atoms with Crippen molar-refractivity contribution in [3.8, 4) is 5.75 Å². The van der Waals surface area contributed by atoms with E-state index in [9.17, 15) is 9.59 Å². The summed E-state index contributed by atoms with van der Waals surface area (Å²) in [6.45, 7) is 11.9. The molecule has 0 unspecified atom stereocenters. The summed E-state index contributed by atoms with van der Waals surface area (Å²) in [5.41, 5.74) is 4.03. The molecule has 7 heteroatoms. The number of anilines is 1. The van der Waals surface area contributed by atoms with Crippen LogP contribution < -0.4 is 15.6 Å². The highest BCUT2D eigenvalue weighted by Gasteiger charge is 2.18. The van der Waals surface area contributed by atoms with Gasteiger partial charge in [-0.1, -0.05) is 38.1 Å². The maximum Gasteiger partial charge on any atom is 0.322 e. The van der Waals surface area contributed by atoms with Crippen molar-refractivity contribution in [3.05, 3.63) is 69.5 Å². The van der Waals surface area contributed by atoms with E-state index in [0.29, 0.717) is 23.5 Å². The summed E-state index contributed by atoms with van der Waals surface area (Å²) in [4.78, 5) is 33.3.